The van der Waals surface area contributed by atoms with E-state index in [1.54, 1.807) is 20.8 Å². The maximum Gasteiger partial charge on any atom is 0.387 e. The zero-order valence-corrected chi connectivity index (χ0v) is 16.4. The Morgan fingerprint density at radius 3 is 2.24 bits per heavy atom. The molecule has 0 saturated heterocycles. The summed E-state index contributed by atoms with van der Waals surface area (Å²) in [6.45, 7) is 3.47. The van der Waals surface area contributed by atoms with Gasteiger partial charge < -0.3 is 19.2 Å². The average molecular weight is 409 g/mol. The smallest absolute Gasteiger partial charge is 0.387 e. The molecule has 1 heterocycles. The Labute approximate surface area is 166 Å². The summed E-state index contributed by atoms with van der Waals surface area (Å²) < 4.78 is 38.8. The molecular formula is C20H21F2NO6. The first-order chi connectivity index (χ1) is 13.6. The van der Waals surface area contributed by atoms with Crippen molar-refractivity contribution in [2.75, 3.05) is 6.61 Å². The number of esters is 2. The maximum absolute atomic E-state index is 12.5. The minimum atomic E-state index is -2.97. The van der Waals surface area contributed by atoms with E-state index in [2.05, 4.69) is 9.72 Å². The van der Waals surface area contributed by atoms with Gasteiger partial charge in [-0.05, 0) is 57.5 Å². The van der Waals surface area contributed by atoms with Crippen LogP contribution < -0.4 is 4.74 Å². The number of hydrogen-bond donors (Lipinski definition) is 1. The van der Waals surface area contributed by atoms with Crippen LogP contribution in [0.3, 0.4) is 0 Å². The highest BCUT2D eigenvalue weighted by Crippen LogP contribution is 2.21. The molecule has 0 aliphatic carbocycles. The number of aromatic amines is 1. The molecular weight excluding hydrogens is 388 g/mol. The minimum absolute atomic E-state index is 0.0471. The first kappa shape index (κ1) is 22.1. The summed E-state index contributed by atoms with van der Waals surface area (Å²) in [5, 5.41) is 0. The summed E-state index contributed by atoms with van der Waals surface area (Å²) in [6, 6.07) is 5.04. The zero-order chi connectivity index (χ0) is 21.7. The standard InChI is InChI=1S/C20H21F2NO6/c1-5-27-18(25)15-10(2)16(23-11(15)3)19(26)28-12(4)17(24)13-6-8-14(9-7-13)29-20(21)22/h6-9,12,20,23H,5H2,1-4H3/t12-/m1/s1. The number of rotatable bonds is 8. The van der Waals surface area contributed by atoms with Gasteiger partial charge in [-0.25, -0.2) is 9.59 Å². The normalized spacial score (nSPS) is 11.8. The van der Waals surface area contributed by atoms with Gasteiger partial charge in [-0.1, -0.05) is 0 Å². The third kappa shape index (κ3) is 5.18. The van der Waals surface area contributed by atoms with E-state index in [1.165, 1.54) is 31.2 Å². The molecule has 0 aliphatic rings. The molecule has 2 aromatic rings. The molecule has 7 nitrogen and oxygen atoms in total. The molecule has 0 spiro atoms. The van der Waals surface area contributed by atoms with Crippen molar-refractivity contribution in [1.29, 1.82) is 0 Å². The van der Waals surface area contributed by atoms with Gasteiger partial charge in [-0.3, -0.25) is 4.79 Å². The molecule has 0 fully saturated rings. The number of carbonyl (C=O) groups is 3. The zero-order valence-electron chi connectivity index (χ0n) is 16.4. The minimum Gasteiger partial charge on any atom is -0.462 e. The van der Waals surface area contributed by atoms with Gasteiger partial charge in [0.2, 0.25) is 5.78 Å². The molecule has 1 aromatic heterocycles. The highest BCUT2D eigenvalue weighted by molar-refractivity contribution is 6.02. The number of ketones is 1. The number of nitrogens with one attached hydrogen (secondary N) is 1. The van der Waals surface area contributed by atoms with E-state index in [-0.39, 0.29) is 29.2 Å². The second kappa shape index (κ2) is 9.31. The van der Waals surface area contributed by atoms with Crippen molar-refractivity contribution < 1.29 is 37.4 Å². The lowest BCUT2D eigenvalue weighted by Gasteiger charge is -2.13. The van der Waals surface area contributed by atoms with Crippen molar-refractivity contribution in [2.45, 2.75) is 40.4 Å². The van der Waals surface area contributed by atoms with Crippen LogP contribution in [0.4, 0.5) is 8.78 Å². The Morgan fingerprint density at radius 1 is 1.07 bits per heavy atom. The Morgan fingerprint density at radius 2 is 1.69 bits per heavy atom. The van der Waals surface area contributed by atoms with Crippen molar-refractivity contribution in [3.63, 3.8) is 0 Å². The van der Waals surface area contributed by atoms with Crippen molar-refractivity contribution in [3.8, 4) is 5.75 Å². The van der Waals surface area contributed by atoms with Crippen LogP contribution in [0.25, 0.3) is 0 Å². The van der Waals surface area contributed by atoms with E-state index >= 15 is 0 Å². The fourth-order valence-corrected chi connectivity index (χ4v) is 2.77. The van der Waals surface area contributed by atoms with Gasteiger partial charge >= 0.3 is 18.6 Å². The number of alkyl halides is 2. The van der Waals surface area contributed by atoms with Crippen LogP contribution in [0.15, 0.2) is 24.3 Å². The molecule has 29 heavy (non-hydrogen) atoms. The topological polar surface area (TPSA) is 94.7 Å². The maximum atomic E-state index is 12.5. The molecule has 0 saturated carbocycles. The lowest BCUT2D eigenvalue weighted by Crippen LogP contribution is -2.25. The highest BCUT2D eigenvalue weighted by atomic mass is 19.3. The molecule has 156 valence electrons. The van der Waals surface area contributed by atoms with Gasteiger partial charge in [0.05, 0.1) is 12.2 Å². The van der Waals surface area contributed by atoms with Crippen LogP contribution in [0.2, 0.25) is 0 Å². The summed E-state index contributed by atoms with van der Waals surface area (Å²) in [7, 11) is 0. The van der Waals surface area contributed by atoms with Crippen LogP contribution in [0.1, 0.15) is 56.3 Å². The van der Waals surface area contributed by atoms with E-state index in [0.717, 1.165) is 0 Å². The number of hydrogen-bond acceptors (Lipinski definition) is 6. The van der Waals surface area contributed by atoms with Crippen molar-refractivity contribution in [2.24, 2.45) is 0 Å². The molecule has 1 aromatic carbocycles. The molecule has 1 atom stereocenters. The number of carbonyl (C=O) groups excluding carboxylic acids is 3. The molecule has 0 bridgehead atoms. The Hall–Kier alpha value is -3.23. The van der Waals surface area contributed by atoms with Gasteiger partial charge in [0.15, 0.2) is 6.10 Å². The number of halogens is 2. The third-order valence-electron chi connectivity index (χ3n) is 4.14. The number of Topliss-reactive ketones (excluding diaryl/α,β-unsaturated/α-hetero) is 1. The molecule has 1 N–H and O–H groups in total. The average Bonchev–Trinajstić information content (AvgIpc) is 2.95. The van der Waals surface area contributed by atoms with Crippen molar-refractivity contribution in [1.82, 2.24) is 4.98 Å². The molecule has 2 rings (SSSR count). The van der Waals surface area contributed by atoms with Gasteiger partial charge in [-0.15, -0.1) is 0 Å². The predicted octanol–water partition coefficient (Wildman–Crippen LogP) is 3.84. The van der Waals surface area contributed by atoms with Gasteiger partial charge in [-0.2, -0.15) is 8.78 Å². The number of ether oxygens (including phenoxy) is 3. The van der Waals surface area contributed by atoms with E-state index < -0.39 is 30.4 Å². The lowest BCUT2D eigenvalue weighted by atomic mass is 10.1. The number of aryl methyl sites for hydroxylation is 1. The van der Waals surface area contributed by atoms with E-state index in [1.807, 2.05) is 0 Å². The van der Waals surface area contributed by atoms with Crippen molar-refractivity contribution >= 4 is 17.7 Å². The fraction of sp³-hybridized carbons (Fsp3) is 0.350. The molecule has 0 aliphatic heterocycles. The van der Waals surface area contributed by atoms with Gasteiger partial charge in [0.25, 0.3) is 0 Å². The van der Waals surface area contributed by atoms with E-state index in [9.17, 15) is 23.2 Å². The van der Waals surface area contributed by atoms with Gasteiger partial charge in [0.1, 0.15) is 11.4 Å². The molecule has 0 radical (unpaired) electrons. The second-order valence-electron chi connectivity index (χ2n) is 6.16. The fourth-order valence-electron chi connectivity index (χ4n) is 2.77. The number of aromatic nitrogens is 1. The number of H-pyrrole nitrogens is 1. The monoisotopic (exact) mass is 409 g/mol. The molecule has 9 heteroatoms. The Kier molecular flexibility index (Phi) is 7.08. The largest absolute Gasteiger partial charge is 0.462 e. The van der Waals surface area contributed by atoms with E-state index in [0.29, 0.717) is 11.3 Å². The van der Waals surface area contributed by atoms with Crippen LogP contribution >= 0.6 is 0 Å². The van der Waals surface area contributed by atoms with Crippen LogP contribution in [0.5, 0.6) is 5.75 Å². The third-order valence-corrected chi connectivity index (χ3v) is 4.14. The second-order valence-corrected chi connectivity index (χ2v) is 6.16. The summed E-state index contributed by atoms with van der Waals surface area (Å²) in [4.78, 5) is 39.7. The Balaban J connectivity index is 2.11. The summed E-state index contributed by atoms with van der Waals surface area (Å²) in [5.41, 5.74) is 1.26. The SMILES string of the molecule is CCOC(=O)c1c(C)[nH]c(C(=O)O[C@H](C)C(=O)c2ccc(OC(F)F)cc2)c1C. The quantitative estimate of drug-likeness (QED) is 0.526. The summed E-state index contributed by atoms with van der Waals surface area (Å²) >= 11 is 0. The molecule has 0 amide bonds. The first-order valence-electron chi connectivity index (χ1n) is 8.82. The summed E-state index contributed by atoms with van der Waals surface area (Å²) in [5.74, 6) is -1.98. The highest BCUT2D eigenvalue weighted by Gasteiger charge is 2.26. The van der Waals surface area contributed by atoms with E-state index in [4.69, 9.17) is 9.47 Å². The predicted molar refractivity (Wildman–Crippen MR) is 98.5 cm³/mol. The lowest BCUT2D eigenvalue weighted by molar-refractivity contribution is -0.0498. The van der Waals surface area contributed by atoms with Crippen LogP contribution in [-0.2, 0) is 9.47 Å². The van der Waals surface area contributed by atoms with Gasteiger partial charge in [0, 0.05) is 11.3 Å². The first-order valence-corrected chi connectivity index (χ1v) is 8.82. The van der Waals surface area contributed by atoms with Crippen molar-refractivity contribution in [3.05, 3.63) is 52.3 Å². The summed E-state index contributed by atoms with van der Waals surface area (Å²) in [6.07, 6.45) is -1.14. The van der Waals surface area contributed by atoms with Crippen LogP contribution in [-0.4, -0.2) is 42.0 Å². The number of benzene rings is 1. The van der Waals surface area contributed by atoms with Crippen LogP contribution in [0, 0.1) is 13.8 Å². The Bertz CT molecular complexity index is 904. The molecule has 0 unspecified atom stereocenters.